The van der Waals surface area contributed by atoms with Crippen molar-refractivity contribution >= 4 is 5.95 Å². The Morgan fingerprint density at radius 3 is 2.81 bits per heavy atom. The number of hydrogen-bond donors (Lipinski definition) is 1. The first-order valence-corrected chi connectivity index (χ1v) is 5.01. The molecule has 0 radical (unpaired) electrons. The molecule has 0 saturated heterocycles. The second-order valence-electron chi connectivity index (χ2n) is 3.65. The molecule has 2 N–H and O–H groups in total. The van der Waals surface area contributed by atoms with E-state index in [0.717, 1.165) is 11.3 Å². The molecular formula is C11H13N3O2. The van der Waals surface area contributed by atoms with E-state index in [0.29, 0.717) is 5.89 Å². The van der Waals surface area contributed by atoms with Gasteiger partial charge in [-0.3, -0.25) is 0 Å². The summed E-state index contributed by atoms with van der Waals surface area (Å²) < 4.78 is 10.5. The van der Waals surface area contributed by atoms with Gasteiger partial charge in [0, 0.05) is 5.56 Å². The largest absolute Gasteiger partial charge is 0.491 e. The maximum atomic E-state index is 5.56. The van der Waals surface area contributed by atoms with Crippen LogP contribution in [0.1, 0.15) is 13.8 Å². The number of nitrogens with two attached hydrogens (primary N) is 1. The average molecular weight is 219 g/mol. The van der Waals surface area contributed by atoms with Crippen molar-refractivity contribution in [3.63, 3.8) is 0 Å². The molecule has 16 heavy (non-hydrogen) atoms. The summed E-state index contributed by atoms with van der Waals surface area (Å²) in [4.78, 5) is 3.95. The van der Waals surface area contributed by atoms with Crippen molar-refractivity contribution in [1.82, 2.24) is 10.1 Å². The number of ether oxygens (including phenoxy) is 1. The summed E-state index contributed by atoms with van der Waals surface area (Å²) in [5, 5.41) is 3.53. The third-order valence-corrected chi connectivity index (χ3v) is 1.89. The Hall–Kier alpha value is -2.04. The standard InChI is InChI=1S/C11H13N3O2/c1-7(2)15-9-5-3-4-8(6-9)10-13-11(12)14-16-10/h3-7H,1-2H3,(H2,12,14). The Kier molecular flexibility index (Phi) is 2.76. The Bertz CT molecular complexity index is 480. The number of nitrogen functional groups attached to an aromatic ring is 1. The SMILES string of the molecule is CC(C)Oc1cccc(-c2nc(N)no2)c1. The van der Waals surface area contributed by atoms with Crippen LogP contribution in [0.25, 0.3) is 11.5 Å². The molecule has 0 bridgehead atoms. The minimum atomic E-state index is 0.128. The third-order valence-electron chi connectivity index (χ3n) is 1.89. The van der Waals surface area contributed by atoms with E-state index in [4.69, 9.17) is 15.0 Å². The Balaban J connectivity index is 2.28. The number of rotatable bonds is 3. The van der Waals surface area contributed by atoms with Crippen LogP contribution in [-0.2, 0) is 0 Å². The van der Waals surface area contributed by atoms with E-state index in [2.05, 4.69) is 10.1 Å². The van der Waals surface area contributed by atoms with Crippen molar-refractivity contribution in [2.45, 2.75) is 20.0 Å². The van der Waals surface area contributed by atoms with Crippen LogP contribution in [0.4, 0.5) is 5.95 Å². The van der Waals surface area contributed by atoms with Gasteiger partial charge in [-0.1, -0.05) is 6.07 Å². The van der Waals surface area contributed by atoms with Gasteiger partial charge < -0.3 is 15.0 Å². The number of hydrogen-bond acceptors (Lipinski definition) is 5. The van der Waals surface area contributed by atoms with Crippen molar-refractivity contribution in [3.05, 3.63) is 24.3 Å². The molecule has 84 valence electrons. The van der Waals surface area contributed by atoms with E-state index in [1.54, 1.807) is 0 Å². The van der Waals surface area contributed by atoms with Crippen LogP contribution in [-0.4, -0.2) is 16.2 Å². The Morgan fingerprint density at radius 1 is 1.38 bits per heavy atom. The molecule has 0 aliphatic carbocycles. The van der Waals surface area contributed by atoms with Crippen LogP contribution in [0.3, 0.4) is 0 Å². The van der Waals surface area contributed by atoms with Gasteiger partial charge in [0.15, 0.2) is 0 Å². The van der Waals surface area contributed by atoms with E-state index in [1.165, 1.54) is 0 Å². The van der Waals surface area contributed by atoms with Gasteiger partial charge in [-0.15, -0.1) is 0 Å². The van der Waals surface area contributed by atoms with Crippen molar-refractivity contribution in [3.8, 4) is 17.2 Å². The van der Waals surface area contributed by atoms with Gasteiger partial charge in [-0.25, -0.2) is 0 Å². The first-order chi connectivity index (χ1) is 7.65. The van der Waals surface area contributed by atoms with Gasteiger partial charge in [0.25, 0.3) is 11.8 Å². The molecule has 0 spiro atoms. The van der Waals surface area contributed by atoms with E-state index in [1.807, 2.05) is 38.1 Å². The van der Waals surface area contributed by atoms with E-state index in [9.17, 15) is 0 Å². The molecule has 1 aromatic carbocycles. The molecule has 5 nitrogen and oxygen atoms in total. The van der Waals surface area contributed by atoms with Gasteiger partial charge in [0.1, 0.15) is 5.75 Å². The Labute approximate surface area is 93.2 Å². The van der Waals surface area contributed by atoms with Crippen molar-refractivity contribution in [2.24, 2.45) is 0 Å². The lowest BCUT2D eigenvalue weighted by Gasteiger charge is -2.09. The zero-order valence-corrected chi connectivity index (χ0v) is 9.18. The summed E-state index contributed by atoms with van der Waals surface area (Å²) in [6.45, 7) is 3.94. The maximum absolute atomic E-state index is 5.56. The van der Waals surface area contributed by atoms with E-state index < -0.39 is 0 Å². The summed E-state index contributed by atoms with van der Waals surface area (Å²) in [5.41, 5.74) is 6.18. The summed E-state index contributed by atoms with van der Waals surface area (Å²) in [6.07, 6.45) is 0.128. The number of aromatic nitrogens is 2. The third kappa shape index (κ3) is 2.31. The van der Waals surface area contributed by atoms with Crippen molar-refractivity contribution in [1.29, 1.82) is 0 Å². The van der Waals surface area contributed by atoms with Gasteiger partial charge in [0.2, 0.25) is 0 Å². The maximum Gasteiger partial charge on any atom is 0.261 e. The second kappa shape index (κ2) is 4.22. The molecule has 1 heterocycles. The average Bonchev–Trinajstić information content (AvgIpc) is 2.64. The first-order valence-electron chi connectivity index (χ1n) is 5.01. The number of benzene rings is 1. The minimum Gasteiger partial charge on any atom is -0.491 e. The molecule has 0 amide bonds. The topological polar surface area (TPSA) is 74.2 Å². The fraction of sp³-hybridized carbons (Fsp3) is 0.273. The van der Waals surface area contributed by atoms with Crippen LogP contribution in [0.5, 0.6) is 5.75 Å². The minimum absolute atomic E-state index is 0.128. The summed E-state index contributed by atoms with van der Waals surface area (Å²) in [6, 6.07) is 7.45. The molecular weight excluding hydrogens is 206 g/mol. The van der Waals surface area contributed by atoms with Crippen LogP contribution in [0, 0.1) is 0 Å². The number of anilines is 1. The molecule has 0 unspecified atom stereocenters. The highest BCUT2D eigenvalue weighted by Gasteiger charge is 2.07. The summed E-state index contributed by atoms with van der Waals surface area (Å²) >= 11 is 0. The molecule has 0 fully saturated rings. The molecule has 0 aliphatic heterocycles. The second-order valence-corrected chi connectivity index (χ2v) is 3.65. The highest BCUT2D eigenvalue weighted by atomic mass is 16.5. The van der Waals surface area contributed by atoms with Crippen LogP contribution in [0.15, 0.2) is 28.8 Å². The predicted molar refractivity (Wildman–Crippen MR) is 59.9 cm³/mol. The summed E-state index contributed by atoms with van der Waals surface area (Å²) in [5.74, 6) is 1.29. The highest BCUT2D eigenvalue weighted by Crippen LogP contribution is 2.23. The normalized spacial score (nSPS) is 10.7. The first kappa shape index (κ1) is 10.5. The fourth-order valence-electron chi connectivity index (χ4n) is 1.33. The molecule has 5 heteroatoms. The van der Waals surface area contributed by atoms with Crippen molar-refractivity contribution < 1.29 is 9.26 Å². The lowest BCUT2D eigenvalue weighted by atomic mass is 10.2. The van der Waals surface area contributed by atoms with Gasteiger partial charge >= 0.3 is 0 Å². The molecule has 1 aromatic heterocycles. The monoisotopic (exact) mass is 219 g/mol. The molecule has 2 rings (SSSR count). The smallest absolute Gasteiger partial charge is 0.261 e. The van der Waals surface area contributed by atoms with Gasteiger partial charge in [-0.2, -0.15) is 4.98 Å². The summed E-state index contributed by atoms with van der Waals surface area (Å²) in [7, 11) is 0. The molecule has 2 aromatic rings. The lowest BCUT2D eigenvalue weighted by molar-refractivity contribution is 0.242. The van der Waals surface area contributed by atoms with Gasteiger partial charge in [0.05, 0.1) is 6.10 Å². The van der Waals surface area contributed by atoms with E-state index in [-0.39, 0.29) is 12.1 Å². The molecule has 0 saturated carbocycles. The molecule has 0 aliphatic rings. The zero-order chi connectivity index (χ0) is 11.5. The van der Waals surface area contributed by atoms with Crippen LogP contribution in [0.2, 0.25) is 0 Å². The predicted octanol–water partition coefficient (Wildman–Crippen LogP) is 2.11. The van der Waals surface area contributed by atoms with Crippen LogP contribution >= 0.6 is 0 Å². The highest BCUT2D eigenvalue weighted by molar-refractivity contribution is 5.56. The zero-order valence-electron chi connectivity index (χ0n) is 9.18. The number of nitrogens with zero attached hydrogens (tertiary/aromatic N) is 2. The lowest BCUT2D eigenvalue weighted by Crippen LogP contribution is -2.05. The van der Waals surface area contributed by atoms with E-state index >= 15 is 0 Å². The molecule has 0 atom stereocenters. The van der Waals surface area contributed by atoms with Crippen molar-refractivity contribution in [2.75, 3.05) is 5.73 Å². The fourth-order valence-corrected chi connectivity index (χ4v) is 1.33. The Morgan fingerprint density at radius 2 is 2.19 bits per heavy atom. The van der Waals surface area contributed by atoms with Gasteiger partial charge in [-0.05, 0) is 37.2 Å². The quantitative estimate of drug-likeness (QED) is 0.855. The van der Waals surface area contributed by atoms with Crippen LogP contribution < -0.4 is 10.5 Å².